The SMILES string of the molecule is C=C1C[C@]23C[C@H]1CC[C@H]2[C@]1(C)CC[C@@H](OC(=O)c2ccc(OC)cc2)[C@](C)(COC(C)=O)[C@H]1C[C@@H]3OC(=O)c1ccc(OC)cc1. The van der Waals surface area contributed by atoms with Crippen molar-refractivity contribution in [3.05, 3.63) is 71.8 Å². The van der Waals surface area contributed by atoms with Crippen molar-refractivity contribution in [1.29, 1.82) is 0 Å². The molecule has 0 saturated heterocycles. The first-order valence-electron chi connectivity index (χ1n) is 16.4. The highest BCUT2D eigenvalue weighted by Gasteiger charge is 2.70. The van der Waals surface area contributed by atoms with Gasteiger partial charge in [-0.2, -0.15) is 0 Å². The summed E-state index contributed by atoms with van der Waals surface area (Å²) < 4.78 is 29.2. The van der Waals surface area contributed by atoms with Crippen LogP contribution in [-0.2, 0) is 19.0 Å². The number of rotatable bonds is 8. The molecule has 4 saturated carbocycles. The molecule has 0 amide bonds. The van der Waals surface area contributed by atoms with E-state index in [2.05, 4.69) is 20.4 Å². The van der Waals surface area contributed by atoms with E-state index in [-0.39, 0.29) is 47.3 Å². The third-order valence-corrected chi connectivity index (χ3v) is 12.2. The molecule has 8 atom stereocenters. The van der Waals surface area contributed by atoms with Gasteiger partial charge < -0.3 is 23.7 Å². The Morgan fingerprint density at radius 3 is 1.91 bits per heavy atom. The van der Waals surface area contributed by atoms with Gasteiger partial charge in [0.1, 0.15) is 30.3 Å². The second kappa shape index (κ2) is 12.1. The number of fused-ring (bicyclic) bond motifs is 3. The lowest BCUT2D eigenvalue weighted by atomic mass is 9.40. The first kappa shape index (κ1) is 32.1. The molecule has 46 heavy (non-hydrogen) atoms. The van der Waals surface area contributed by atoms with Gasteiger partial charge in [-0.15, -0.1) is 0 Å². The molecule has 4 aliphatic carbocycles. The lowest BCUT2D eigenvalue weighted by Gasteiger charge is -2.66. The Kier molecular flexibility index (Phi) is 8.45. The molecule has 0 aliphatic heterocycles. The third kappa shape index (κ3) is 5.37. The number of carbonyl (C=O) groups is 3. The standard InChI is InChI=1S/C38H46O8/c1-23-20-38-21-27(23)11-16-30(38)36(3)18-17-32(45-34(40)25-7-12-28(42-5)13-8-25)37(4,22-44-24(2)39)31(36)19-33(38)46-35(41)26-9-14-29(43-6)15-10-26/h7-10,12-15,27,30-33H,1,11,16-22H2,2-6H3/t27-,30+,31+,32-,33+,36+,37-,38+/m1/s1. The van der Waals surface area contributed by atoms with E-state index in [1.54, 1.807) is 62.8 Å². The van der Waals surface area contributed by atoms with Gasteiger partial charge in [0.25, 0.3) is 0 Å². The summed E-state index contributed by atoms with van der Waals surface area (Å²) in [4.78, 5) is 39.5. The number of esters is 3. The number of ether oxygens (including phenoxy) is 5. The summed E-state index contributed by atoms with van der Waals surface area (Å²) in [6.45, 7) is 10.5. The number of hydrogen-bond acceptors (Lipinski definition) is 8. The highest BCUT2D eigenvalue weighted by Crippen LogP contribution is 2.73. The zero-order valence-electron chi connectivity index (χ0n) is 27.6. The van der Waals surface area contributed by atoms with Crippen LogP contribution in [0.1, 0.15) is 86.4 Å². The van der Waals surface area contributed by atoms with Gasteiger partial charge in [-0.25, -0.2) is 9.59 Å². The Labute approximate surface area is 271 Å². The fourth-order valence-electron chi connectivity index (χ4n) is 9.91. The summed E-state index contributed by atoms with van der Waals surface area (Å²) in [5.41, 5.74) is 1.11. The van der Waals surface area contributed by atoms with Crippen LogP contribution in [0.4, 0.5) is 0 Å². The molecule has 0 unspecified atom stereocenters. The molecule has 2 aromatic rings. The monoisotopic (exact) mass is 630 g/mol. The summed E-state index contributed by atoms with van der Waals surface area (Å²) in [7, 11) is 3.17. The average Bonchev–Trinajstić information content (AvgIpc) is 3.30. The van der Waals surface area contributed by atoms with Gasteiger partial charge in [0.15, 0.2) is 0 Å². The first-order valence-corrected chi connectivity index (χ1v) is 16.4. The van der Waals surface area contributed by atoms with E-state index in [1.807, 2.05) is 0 Å². The normalized spacial score (nSPS) is 34.5. The average molecular weight is 631 g/mol. The van der Waals surface area contributed by atoms with Crippen molar-refractivity contribution in [3.8, 4) is 11.5 Å². The Morgan fingerprint density at radius 1 is 0.804 bits per heavy atom. The van der Waals surface area contributed by atoms with E-state index in [0.717, 1.165) is 32.1 Å². The van der Waals surface area contributed by atoms with Gasteiger partial charge >= 0.3 is 17.9 Å². The Hall–Kier alpha value is -3.81. The van der Waals surface area contributed by atoms with Crippen LogP contribution < -0.4 is 9.47 Å². The fraction of sp³-hybridized carbons (Fsp3) is 0.553. The van der Waals surface area contributed by atoms with Gasteiger partial charge in [-0.05, 0) is 117 Å². The van der Waals surface area contributed by atoms with Crippen molar-refractivity contribution < 1.29 is 38.1 Å². The van der Waals surface area contributed by atoms with Crippen LogP contribution in [0, 0.1) is 34.0 Å². The molecule has 8 heteroatoms. The largest absolute Gasteiger partial charge is 0.497 e. The molecule has 0 N–H and O–H groups in total. The molecule has 0 radical (unpaired) electrons. The van der Waals surface area contributed by atoms with Gasteiger partial charge in [0.05, 0.1) is 25.3 Å². The number of hydrogen-bond donors (Lipinski definition) is 0. The summed E-state index contributed by atoms with van der Waals surface area (Å²) in [5, 5.41) is 0. The maximum Gasteiger partial charge on any atom is 0.338 e. The van der Waals surface area contributed by atoms with E-state index in [9.17, 15) is 14.4 Å². The predicted octanol–water partition coefficient (Wildman–Crippen LogP) is 7.21. The highest BCUT2D eigenvalue weighted by atomic mass is 16.6. The van der Waals surface area contributed by atoms with Crippen LogP contribution in [-0.4, -0.2) is 50.9 Å². The van der Waals surface area contributed by atoms with Gasteiger partial charge in [-0.3, -0.25) is 4.79 Å². The summed E-state index contributed by atoms with van der Waals surface area (Å²) >= 11 is 0. The zero-order chi connectivity index (χ0) is 32.9. The van der Waals surface area contributed by atoms with E-state index in [0.29, 0.717) is 41.4 Å². The van der Waals surface area contributed by atoms with E-state index < -0.39 is 17.5 Å². The Morgan fingerprint density at radius 2 is 1.37 bits per heavy atom. The van der Waals surface area contributed by atoms with Crippen molar-refractivity contribution in [3.63, 3.8) is 0 Å². The molecule has 8 nitrogen and oxygen atoms in total. The predicted molar refractivity (Wildman–Crippen MR) is 172 cm³/mol. The molecule has 4 fully saturated rings. The van der Waals surface area contributed by atoms with Crippen LogP contribution in [0.2, 0.25) is 0 Å². The van der Waals surface area contributed by atoms with Crippen molar-refractivity contribution in [2.45, 2.75) is 77.9 Å². The van der Waals surface area contributed by atoms with E-state index in [4.69, 9.17) is 23.7 Å². The van der Waals surface area contributed by atoms with Gasteiger partial charge in [0.2, 0.25) is 0 Å². The minimum atomic E-state index is -0.709. The molecule has 246 valence electrons. The van der Waals surface area contributed by atoms with Gasteiger partial charge in [-0.1, -0.05) is 26.0 Å². The molecule has 0 heterocycles. The quantitative estimate of drug-likeness (QED) is 0.172. The highest BCUT2D eigenvalue weighted by molar-refractivity contribution is 5.90. The van der Waals surface area contributed by atoms with Crippen LogP contribution >= 0.6 is 0 Å². The number of allylic oxidation sites excluding steroid dienone is 1. The lowest BCUT2D eigenvalue weighted by molar-refractivity contribution is -0.232. The molecule has 2 bridgehead atoms. The fourth-order valence-corrected chi connectivity index (χ4v) is 9.91. The first-order chi connectivity index (χ1) is 21.9. The summed E-state index contributed by atoms with van der Waals surface area (Å²) in [5.74, 6) is 0.833. The van der Waals surface area contributed by atoms with Crippen molar-refractivity contribution >= 4 is 17.9 Å². The van der Waals surface area contributed by atoms with E-state index >= 15 is 0 Å². The molecular formula is C38H46O8. The smallest absolute Gasteiger partial charge is 0.338 e. The maximum atomic E-state index is 13.7. The molecule has 6 rings (SSSR count). The van der Waals surface area contributed by atoms with Gasteiger partial charge in [0, 0.05) is 17.8 Å². The van der Waals surface area contributed by atoms with Crippen molar-refractivity contribution in [2.24, 2.45) is 34.0 Å². The summed E-state index contributed by atoms with van der Waals surface area (Å²) in [6, 6.07) is 13.9. The topological polar surface area (TPSA) is 97.4 Å². The van der Waals surface area contributed by atoms with Crippen molar-refractivity contribution in [1.82, 2.24) is 0 Å². The van der Waals surface area contributed by atoms with Crippen molar-refractivity contribution in [2.75, 3.05) is 20.8 Å². The Bertz CT molecular complexity index is 1500. The number of benzene rings is 2. The molecule has 4 aliphatic rings. The molecule has 2 aromatic carbocycles. The van der Waals surface area contributed by atoms with E-state index in [1.165, 1.54) is 12.5 Å². The zero-order valence-corrected chi connectivity index (χ0v) is 27.6. The lowest BCUT2D eigenvalue weighted by Crippen LogP contribution is -2.66. The molecular weight excluding hydrogens is 584 g/mol. The second-order valence-corrected chi connectivity index (χ2v) is 14.5. The van der Waals surface area contributed by atoms with Crippen LogP contribution in [0.5, 0.6) is 11.5 Å². The second-order valence-electron chi connectivity index (χ2n) is 14.5. The van der Waals surface area contributed by atoms with Crippen LogP contribution in [0.3, 0.4) is 0 Å². The maximum absolute atomic E-state index is 13.7. The molecule has 1 spiro atoms. The number of methoxy groups -OCH3 is 2. The summed E-state index contributed by atoms with van der Waals surface area (Å²) in [6.07, 6.45) is 5.15. The molecule has 0 aromatic heterocycles. The van der Waals surface area contributed by atoms with Crippen LogP contribution in [0.15, 0.2) is 60.7 Å². The minimum Gasteiger partial charge on any atom is -0.497 e. The third-order valence-electron chi connectivity index (χ3n) is 12.2. The minimum absolute atomic E-state index is 0.0449. The Balaban J connectivity index is 1.36. The number of carbonyl (C=O) groups excluding carboxylic acids is 3. The van der Waals surface area contributed by atoms with Crippen LogP contribution in [0.25, 0.3) is 0 Å².